The number of phosphoric ester groups is 2. The van der Waals surface area contributed by atoms with E-state index in [9.17, 15) is 43.2 Å². The summed E-state index contributed by atoms with van der Waals surface area (Å²) in [5.41, 5.74) is 0. The molecule has 0 rings (SSSR count). The average Bonchev–Trinajstić information content (AvgIpc) is 1.89. The van der Waals surface area contributed by atoms with Gasteiger partial charge in [0.2, 0.25) is 0 Å². The Labute approximate surface area is 580 Å². The van der Waals surface area contributed by atoms with E-state index in [0.29, 0.717) is 25.7 Å². The van der Waals surface area contributed by atoms with Gasteiger partial charge in [0.15, 0.2) is 12.2 Å². The Balaban J connectivity index is 5.29. The number of esters is 4. The van der Waals surface area contributed by atoms with Gasteiger partial charge in [-0.3, -0.25) is 37.3 Å². The first-order valence-electron chi connectivity index (χ1n) is 38.8. The van der Waals surface area contributed by atoms with Gasteiger partial charge in [-0.15, -0.1) is 0 Å². The number of rotatable bonds is 73. The second-order valence-electron chi connectivity index (χ2n) is 27.7. The smallest absolute Gasteiger partial charge is 0.462 e. The molecule has 5 atom stereocenters. The van der Waals surface area contributed by atoms with Gasteiger partial charge in [-0.1, -0.05) is 316 Å². The van der Waals surface area contributed by atoms with Crippen molar-refractivity contribution in [3.05, 3.63) is 24.3 Å². The highest BCUT2D eigenvalue weighted by Gasteiger charge is 2.30. The minimum absolute atomic E-state index is 0.101. The van der Waals surface area contributed by atoms with E-state index in [0.717, 1.165) is 121 Å². The Hall–Kier alpha value is -2.46. The summed E-state index contributed by atoms with van der Waals surface area (Å²) in [4.78, 5) is 72.8. The van der Waals surface area contributed by atoms with Gasteiger partial charge in [0, 0.05) is 25.7 Å². The molecule has 0 aliphatic carbocycles. The lowest BCUT2D eigenvalue weighted by atomic mass is 10.0. The molecule has 2 unspecified atom stereocenters. The minimum Gasteiger partial charge on any atom is -0.462 e. The third-order valence-corrected chi connectivity index (χ3v) is 19.0. The van der Waals surface area contributed by atoms with Gasteiger partial charge >= 0.3 is 39.5 Å². The van der Waals surface area contributed by atoms with E-state index in [1.165, 1.54) is 167 Å². The molecule has 0 bridgehead atoms. The fraction of sp³-hybridized carbons (Fsp3) is 0.895. The van der Waals surface area contributed by atoms with Crippen LogP contribution >= 0.6 is 15.6 Å². The molecule has 0 aromatic heterocycles. The van der Waals surface area contributed by atoms with E-state index in [2.05, 4.69) is 65.8 Å². The number of unbranched alkanes of at least 4 members (excludes halogenated alkanes) is 40. The van der Waals surface area contributed by atoms with E-state index in [4.69, 9.17) is 37.0 Å². The van der Waals surface area contributed by atoms with Gasteiger partial charge < -0.3 is 33.8 Å². The first kappa shape index (κ1) is 92.5. The SMILES string of the molecule is CCCCCC/C=C\C=C/CCCCCCCC(=O)OC[C@H](COP(=O)(O)OC[C@@H](O)COP(=O)(O)OC[C@@H](COC(=O)CCCCCCCCCCCCC)OC(=O)CCCCCCCCCCCC(C)C)OC(=O)CCCCCCCCCCCCCCCCC(C)C. The number of aliphatic hydroxyl groups excluding tert-OH is 1. The van der Waals surface area contributed by atoms with Gasteiger partial charge in [0.05, 0.1) is 26.4 Å². The molecule has 0 amide bonds. The zero-order valence-electron chi connectivity index (χ0n) is 61.5. The van der Waals surface area contributed by atoms with Crippen molar-refractivity contribution >= 4 is 39.5 Å². The molecule has 0 fully saturated rings. The van der Waals surface area contributed by atoms with E-state index < -0.39 is 97.5 Å². The Morgan fingerprint density at radius 1 is 0.326 bits per heavy atom. The van der Waals surface area contributed by atoms with Gasteiger partial charge in [-0.2, -0.15) is 0 Å². The predicted octanol–water partition coefficient (Wildman–Crippen LogP) is 21.9. The summed E-state index contributed by atoms with van der Waals surface area (Å²) in [5, 5.41) is 10.6. The van der Waals surface area contributed by atoms with Crippen molar-refractivity contribution in [2.24, 2.45) is 11.8 Å². The van der Waals surface area contributed by atoms with E-state index in [-0.39, 0.29) is 25.7 Å². The normalized spacial score (nSPS) is 14.2. The number of carbonyl (C=O) groups is 4. The van der Waals surface area contributed by atoms with Crippen molar-refractivity contribution in [2.75, 3.05) is 39.6 Å². The predicted molar refractivity (Wildman–Crippen MR) is 386 cm³/mol. The fourth-order valence-corrected chi connectivity index (χ4v) is 12.7. The van der Waals surface area contributed by atoms with Crippen LogP contribution < -0.4 is 0 Å². The summed E-state index contributed by atoms with van der Waals surface area (Å²) in [6.45, 7) is 9.52. The summed E-state index contributed by atoms with van der Waals surface area (Å²) in [6.07, 6.45) is 57.6. The topological polar surface area (TPSA) is 237 Å². The Bertz CT molecular complexity index is 1930. The van der Waals surface area contributed by atoms with E-state index in [1.54, 1.807) is 0 Å². The fourth-order valence-electron chi connectivity index (χ4n) is 11.1. The Morgan fingerprint density at radius 2 is 0.568 bits per heavy atom. The van der Waals surface area contributed by atoms with Gasteiger partial charge in [-0.25, -0.2) is 9.13 Å². The number of aliphatic hydroxyl groups is 1. The van der Waals surface area contributed by atoms with Crippen molar-refractivity contribution < 1.29 is 80.2 Å². The molecule has 0 aliphatic rings. The second-order valence-corrected chi connectivity index (χ2v) is 30.6. The van der Waals surface area contributed by atoms with Crippen LogP contribution in [0.15, 0.2) is 24.3 Å². The molecule has 0 aromatic carbocycles. The van der Waals surface area contributed by atoms with Gasteiger partial charge in [-0.05, 0) is 63.2 Å². The van der Waals surface area contributed by atoms with Crippen LogP contribution in [0.4, 0.5) is 0 Å². The maximum absolute atomic E-state index is 13.1. The number of phosphoric acid groups is 2. The molecule has 0 aromatic rings. The number of hydrogen-bond donors (Lipinski definition) is 3. The first-order valence-corrected chi connectivity index (χ1v) is 41.8. The largest absolute Gasteiger partial charge is 0.472 e. The minimum atomic E-state index is -4.96. The van der Waals surface area contributed by atoms with Crippen LogP contribution in [0.3, 0.4) is 0 Å². The summed E-state index contributed by atoms with van der Waals surface area (Å²) in [6, 6.07) is 0. The molecule has 3 N–H and O–H groups in total. The van der Waals surface area contributed by atoms with Crippen molar-refractivity contribution in [3.63, 3.8) is 0 Å². The lowest BCUT2D eigenvalue weighted by Gasteiger charge is -2.21. The molecular weight excluding hydrogens is 1250 g/mol. The van der Waals surface area contributed by atoms with Crippen LogP contribution in [-0.2, 0) is 65.4 Å². The van der Waals surface area contributed by atoms with Crippen LogP contribution in [0.2, 0.25) is 0 Å². The molecular formula is C76H144O17P2. The van der Waals surface area contributed by atoms with Crippen molar-refractivity contribution in [2.45, 2.75) is 387 Å². The molecule has 17 nitrogen and oxygen atoms in total. The molecule has 0 saturated carbocycles. The molecule has 95 heavy (non-hydrogen) atoms. The number of ether oxygens (including phenoxy) is 4. The van der Waals surface area contributed by atoms with Crippen molar-refractivity contribution in [3.8, 4) is 0 Å². The zero-order valence-corrected chi connectivity index (χ0v) is 63.2. The maximum Gasteiger partial charge on any atom is 0.472 e. The highest BCUT2D eigenvalue weighted by molar-refractivity contribution is 7.47. The molecule has 19 heteroatoms. The van der Waals surface area contributed by atoms with E-state index in [1.807, 2.05) is 0 Å². The molecule has 0 heterocycles. The summed E-state index contributed by atoms with van der Waals surface area (Å²) < 4.78 is 68.5. The number of carbonyl (C=O) groups excluding carboxylic acids is 4. The van der Waals surface area contributed by atoms with E-state index >= 15 is 0 Å². The summed E-state index contributed by atoms with van der Waals surface area (Å²) in [7, 11) is -9.92. The summed E-state index contributed by atoms with van der Waals surface area (Å²) in [5.74, 6) is -0.618. The number of hydrogen-bond acceptors (Lipinski definition) is 15. The zero-order chi connectivity index (χ0) is 70.0. The lowest BCUT2D eigenvalue weighted by Crippen LogP contribution is -2.30. The number of allylic oxidation sites excluding steroid dienone is 4. The van der Waals surface area contributed by atoms with Crippen molar-refractivity contribution in [1.82, 2.24) is 0 Å². The monoisotopic (exact) mass is 1390 g/mol. The van der Waals surface area contributed by atoms with Crippen LogP contribution in [0, 0.1) is 11.8 Å². The van der Waals surface area contributed by atoms with Crippen LogP contribution in [-0.4, -0.2) is 96.7 Å². The average molecular weight is 1390 g/mol. The highest BCUT2D eigenvalue weighted by Crippen LogP contribution is 2.45. The quantitative estimate of drug-likeness (QED) is 0.0169. The molecule has 0 radical (unpaired) electrons. The van der Waals surface area contributed by atoms with Gasteiger partial charge in [0.1, 0.15) is 19.3 Å². The third-order valence-electron chi connectivity index (χ3n) is 17.1. The highest BCUT2D eigenvalue weighted by atomic mass is 31.2. The maximum atomic E-state index is 13.1. The lowest BCUT2D eigenvalue weighted by molar-refractivity contribution is -0.161. The molecule has 0 spiro atoms. The van der Waals surface area contributed by atoms with Gasteiger partial charge in [0.25, 0.3) is 0 Å². The molecule has 0 aliphatic heterocycles. The Morgan fingerprint density at radius 3 is 0.863 bits per heavy atom. The second kappa shape index (κ2) is 67.4. The van der Waals surface area contributed by atoms with Crippen molar-refractivity contribution in [1.29, 1.82) is 0 Å². The first-order chi connectivity index (χ1) is 45.9. The van der Waals surface area contributed by atoms with Crippen LogP contribution in [0.1, 0.15) is 369 Å². The van der Waals surface area contributed by atoms with Crippen LogP contribution in [0.5, 0.6) is 0 Å². The summed E-state index contributed by atoms with van der Waals surface area (Å²) >= 11 is 0. The Kier molecular flexibility index (Phi) is 65.6. The molecule has 0 saturated heterocycles. The molecule has 560 valence electrons. The van der Waals surface area contributed by atoms with Crippen LogP contribution in [0.25, 0.3) is 0 Å². The third kappa shape index (κ3) is 69.8. The standard InChI is InChI=1S/C76H144O17P2/c1-7-9-11-13-15-17-19-20-21-25-29-35-41-47-53-59-74(79)87-64-71(92-75(80)60-54-48-42-36-30-26-23-22-24-28-32-38-44-50-56-68(3)4)66-90-94(82,83)88-62-70(77)63-89-95(84,85)91-67-72(65-86-73(78)58-52-46-40-34-27-18-16-14-12-10-8-2)93-76(81)61-55-49-43-37-31-33-39-45-51-57-69(5)6/h17,19-21,68-72,77H,7-16,18,22-67H2,1-6H3,(H,82,83)(H,84,85)/b19-17-,21-20-/t70-,71-,72-/m1/s1.